The highest BCUT2D eigenvalue weighted by Crippen LogP contribution is 2.34. The first-order chi connectivity index (χ1) is 19.2. The van der Waals surface area contributed by atoms with Crippen LogP contribution >= 0.6 is 0 Å². The van der Waals surface area contributed by atoms with Gasteiger partial charge in [-0.15, -0.1) is 0 Å². The molecule has 0 atom stereocenters. The molecule has 0 spiro atoms. The van der Waals surface area contributed by atoms with Crippen molar-refractivity contribution in [2.24, 2.45) is 7.05 Å². The molecule has 0 aliphatic heterocycles. The Hall–Kier alpha value is -5.33. The molecule has 0 bridgehead atoms. The van der Waals surface area contributed by atoms with E-state index in [-0.39, 0.29) is 11.6 Å². The van der Waals surface area contributed by atoms with E-state index in [1.165, 1.54) is 0 Å². The van der Waals surface area contributed by atoms with Crippen LogP contribution in [0.3, 0.4) is 0 Å². The number of pyridine rings is 2. The van der Waals surface area contributed by atoms with Crippen LogP contribution in [0.4, 0.5) is 29.2 Å². The van der Waals surface area contributed by atoms with Crippen LogP contribution in [-0.2, 0) is 13.2 Å². The highest BCUT2D eigenvalue weighted by atomic mass is 19.4. The molecule has 9 nitrogen and oxygen atoms in total. The largest absolute Gasteiger partial charge is 0.457 e. The third-order valence-corrected chi connectivity index (χ3v) is 5.98. The summed E-state index contributed by atoms with van der Waals surface area (Å²) in [6.07, 6.45) is -1.39. The monoisotopic (exact) mass is 546 g/mol. The molecule has 13 heteroatoms. The minimum Gasteiger partial charge on any atom is -0.457 e. The van der Waals surface area contributed by atoms with Gasteiger partial charge in [0.1, 0.15) is 28.7 Å². The number of nitrogens with one attached hydrogen (secondary N) is 2. The average Bonchev–Trinajstić information content (AvgIpc) is 3.55. The number of alkyl halides is 3. The number of aryl methyl sites for hydroxylation is 1. The van der Waals surface area contributed by atoms with Gasteiger partial charge < -0.3 is 14.6 Å². The summed E-state index contributed by atoms with van der Waals surface area (Å²) in [5.41, 5.74) is 0.945. The van der Waals surface area contributed by atoms with E-state index < -0.39 is 17.6 Å². The van der Waals surface area contributed by atoms with E-state index >= 15 is 0 Å². The van der Waals surface area contributed by atoms with Crippen molar-refractivity contribution in [1.29, 1.82) is 0 Å². The van der Waals surface area contributed by atoms with E-state index in [9.17, 15) is 17.6 Å². The normalized spacial score (nSPS) is 11.6. The summed E-state index contributed by atoms with van der Waals surface area (Å²) in [6.45, 7) is 0. The number of rotatable bonds is 6. The number of imidazole rings is 1. The first-order valence-electron chi connectivity index (χ1n) is 11.8. The van der Waals surface area contributed by atoms with Crippen LogP contribution in [0.2, 0.25) is 0 Å². The molecule has 2 aromatic carbocycles. The summed E-state index contributed by atoms with van der Waals surface area (Å²) in [6, 6.07) is 16.1. The van der Waals surface area contributed by atoms with Gasteiger partial charge in [-0.2, -0.15) is 18.3 Å². The van der Waals surface area contributed by atoms with Crippen molar-refractivity contribution >= 4 is 22.7 Å². The molecule has 0 aliphatic rings. The number of aromatic amines is 1. The maximum Gasteiger partial charge on any atom is 0.416 e. The SMILES string of the molecule is Cn1c(Nc2cc(C(F)(F)F)ccc2F)nc2cc(Oc3ccnc(-c4nc(-c5ccccn5)n[nH]4)c3)ccc21. The third-order valence-electron chi connectivity index (χ3n) is 5.98. The van der Waals surface area contributed by atoms with Gasteiger partial charge in [-0.3, -0.25) is 15.1 Å². The van der Waals surface area contributed by atoms with Crippen LogP contribution in [0.25, 0.3) is 34.1 Å². The fourth-order valence-electron chi connectivity index (χ4n) is 4.00. The predicted octanol–water partition coefficient (Wildman–Crippen LogP) is 6.51. The number of nitrogens with zero attached hydrogens (tertiary/aromatic N) is 6. The van der Waals surface area contributed by atoms with E-state index in [2.05, 4.69) is 35.5 Å². The van der Waals surface area contributed by atoms with E-state index in [0.29, 0.717) is 57.7 Å². The topological polar surface area (TPSA) is 106 Å². The summed E-state index contributed by atoms with van der Waals surface area (Å²) >= 11 is 0. The Labute approximate surface area is 223 Å². The van der Waals surface area contributed by atoms with Gasteiger partial charge in [-0.25, -0.2) is 14.4 Å². The fraction of sp³-hybridized carbons (Fsp3) is 0.0741. The van der Waals surface area contributed by atoms with Gasteiger partial charge in [0.2, 0.25) is 5.95 Å². The molecule has 2 N–H and O–H groups in total. The summed E-state index contributed by atoms with van der Waals surface area (Å²) < 4.78 is 61.2. The van der Waals surface area contributed by atoms with Crippen molar-refractivity contribution < 1.29 is 22.3 Å². The van der Waals surface area contributed by atoms with E-state index in [1.807, 2.05) is 6.07 Å². The predicted molar refractivity (Wildman–Crippen MR) is 138 cm³/mol. The van der Waals surface area contributed by atoms with Crippen molar-refractivity contribution in [3.05, 3.63) is 90.5 Å². The molecule has 6 rings (SSSR count). The lowest BCUT2D eigenvalue weighted by molar-refractivity contribution is -0.137. The number of hydrogen-bond donors (Lipinski definition) is 2. The Morgan fingerprint density at radius 3 is 2.50 bits per heavy atom. The van der Waals surface area contributed by atoms with Crippen LogP contribution in [-0.4, -0.2) is 34.7 Å². The molecule has 40 heavy (non-hydrogen) atoms. The average molecular weight is 546 g/mol. The van der Waals surface area contributed by atoms with E-state index in [4.69, 9.17) is 4.74 Å². The van der Waals surface area contributed by atoms with Crippen LogP contribution in [0, 0.1) is 5.82 Å². The standard InChI is InChI=1S/C27H18F4N8O/c1-39-23-8-6-16(13-21(23)35-26(39)34-20-12-15(27(29,30)31)5-7-18(20)28)40-17-9-11-33-22(14-17)25-36-24(37-38-25)19-4-2-3-10-32-19/h2-14H,1H3,(H,34,35)(H,36,37,38). The Balaban J connectivity index is 1.24. The summed E-state index contributed by atoms with van der Waals surface area (Å²) in [4.78, 5) is 17.4. The van der Waals surface area contributed by atoms with Crippen LogP contribution in [0.1, 0.15) is 5.56 Å². The number of hydrogen-bond acceptors (Lipinski definition) is 7. The molecule has 6 aromatic rings. The number of H-pyrrole nitrogens is 1. The smallest absolute Gasteiger partial charge is 0.416 e. The second-order valence-electron chi connectivity index (χ2n) is 8.66. The Morgan fingerprint density at radius 2 is 1.70 bits per heavy atom. The molecule has 0 amide bonds. The molecule has 4 heterocycles. The third kappa shape index (κ3) is 4.91. The number of anilines is 2. The van der Waals surface area contributed by atoms with Crippen molar-refractivity contribution in [2.45, 2.75) is 6.18 Å². The second-order valence-corrected chi connectivity index (χ2v) is 8.66. The molecule has 0 unspecified atom stereocenters. The minimum atomic E-state index is -4.61. The Morgan fingerprint density at radius 1 is 0.875 bits per heavy atom. The highest BCUT2D eigenvalue weighted by molar-refractivity contribution is 5.81. The number of benzene rings is 2. The van der Waals surface area contributed by atoms with Gasteiger partial charge in [-0.05, 0) is 48.5 Å². The van der Waals surface area contributed by atoms with Crippen LogP contribution in [0.15, 0.2) is 79.1 Å². The molecule has 200 valence electrons. The quantitative estimate of drug-likeness (QED) is 0.230. The van der Waals surface area contributed by atoms with Crippen molar-refractivity contribution in [3.8, 4) is 34.5 Å². The maximum atomic E-state index is 14.3. The number of aromatic nitrogens is 7. The number of halogens is 4. The van der Waals surface area contributed by atoms with Crippen LogP contribution in [0.5, 0.6) is 11.5 Å². The zero-order chi connectivity index (χ0) is 27.9. The first kappa shape index (κ1) is 25.0. The van der Waals surface area contributed by atoms with Gasteiger partial charge in [0.25, 0.3) is 0 Å². The van der Waals surface area contributed by atoms with Gasteiger partial charge in [0.15, 0.2) is 11.6 Å². The lowest BCUT2D eigenvalue weighted by Crippen LogP contribution is -2.07. The Bertz CT molecular complexity index is 1830. The molecule has 0 saturated heterocycles. The van der Waals surface area contributed by atoms with Crippen molar-refractivity contribution in [3.63, 3.8) is 0 Å². The molecule has 0 fully saturated rings. The summed E-state index contributed by atoms with van der Waals surface area (Å²) in [7, 11) is 1.66. The van der Waals surface area contributed by atoms with Crippen molar-refractivity contribution in [2.75, 3.05) is 5.32 Å². The number of ether oxygens (including phenoxy) is 1. The Kier molecular flexibility index (Phi) is 6.10. The molecule has 0 saturated carbocycles. The zero-order valence-electron chi connectivity index (χ0n) is 20.6. The van der Waals surface area contributed by atoms with Crippen LogP contribution < -0.4 is 10.1 Å². The van der Waals surface area contributed by atoms with Gasteiger partial charge >= 0.3 is 6.18 Å². The zero-order valence-corrected chi connectivity index (χ0v) is 20.6. The molecular weight excluding hydrogens is 528 g/mol. The van der Waals surface area contributed by atoms with Gasteiger partial charge in [-0.1, -0.05) is 6.07 Å². The maximum absolute atomic E-state index is 14.3. The molecule has 4 aromatic heterocycles. The summed E-state index contributed by atoms with van der Waals surface area (Å²) in [5.74, 6) is 1.11. The summed E-state index contributed by atoms with van der Waals surface area (Å²) in [5, 5.41) is 9.71. The fourth-order valence-corrected chi connectivity index (χ4v) is 4.00. The molecule has 0 radical (unpaired) electrons. The minimum absolute atomic E-state index is 0.158. The van der Waals surface area contributed by atoms with Gasteiger partial charge in [0, 0.05) is 31.6 Å². The first-order valence-corrected chi connectivity index (χ1v) is 11.8. The lowest BCUT2D eigenvalue weighted by Gasteiger charge is -2.11. The van der Waals surface area contributed by atoms with Gasteiger partial charge in [0.05, 0.1) is 22.3 Å². The van der Waals surface area contributed by atoms with E-state index in [1.54, 1.807) is 66.5 Å². The highest BCUT2D eigenvalue weighted by Gasteiger charge is 2.31. The van der Waals surface area contributed by atoms with Crippen molar-refractivity contribution in [1.82, 2.24) is 34.7 Å². The lowest BCUT2D eigenvalue weighted by atomic mass is 10.2. The van der Waals surface area contributed by atoms with E-state index in [0.717, 1.165) is 6.07 Å². The molecule has 0 aliphatic carbocycles. The number of fused-ring (bicyclic) bond motifs is 1. The molecular formula is C27H18F4N8O. The second kappa shape index (κ2) is 9.76.